The van der Waals surface area contributed by atoms with Crippen molar-refractivity contribution in [3.63, 3.8) is 0 Å². The number of hydrogen-bond donors (Lipinski definition) is 1. The van der Waals surface area contributed by atoms with Crippen molar-refractivity contribution < 1.29 is 4.79 Å². The van der Waals surface area contributed by atoms with Crippen molar-refractivity contribution in [2.45, 2.75) is 38.6 Å². The minimum atomic E-state index is -0.0333. The number of nitrogens with zero attached hydrogens (tertiary/aromatic N) is 1. The van der Waals surface area contributed by atoms with E-state index in [1.807, 2.05) is 26.0 Å². The van der Waals surface area contributed by atoms with Gasteiger partial charge < -0.3 is 5.32 Å². The molecule has 0 saturated heterocycles. The molecule has 0 bridgehead atoms. The number of amides is 1. The molecule has 1 N–H and O–H groups in total. The summed E-state index contributed by atoms with van der Waals surface area (Å²) in [5, 5.41) is 3.95. The molecule has 1 saturated carbocycles. The van der Waals surface area contributed by atoms with Gasteiger partial charge in [-0.15, -0.1) is 0 Å². The predicted molar refractivity (Wildman–Crippen MR) is 71.6 cm³/mol. The first kappa shape index (κ1) is 12.6. The molecule has 1 heterocycles. The van der Waals surface area contributed by atoms with Crippen molar-refractivity contribution in [1.29, 1.82) is 0 Å². The molecule has 1 aliphatic rings. The Hall–Kier alpha value is -0.900. The van der Waals surface area contributed by atoms with Crippen LogP contribution >= 0.6 is 15.9 Å². The van der Waals surface area contributed by atoms with Gasteiger partial charge in [-0.25, -0.2) is 0 Å². The third-order valence-electron chi connectivity index (χ3n) is 3.41. The first-order chi connectivity index (χ1) is 8.06. The highest BCUT2D eigenvalue weighted by Gasteiger charge is 2.37. The Kier molecular flexibility index (Phi) is 3.52. The molecule has 0 radical (unpaired) electrons. The van der Waals surface area contributed by atoms with Crippen LogP contribution in [0.2, 0.25) is 0 Å². The number of carbonyl (C=O) groups excluding carboxylic acids is 1. The highest BCUT2D eigenvalue weighted by atomic mass is 79.9. The average molecular weight is 297 g/mol. The number of carbonyl (C=O) groups is 1. The van der Waals surface area contributed by atoms with E-state index < -0.39 is 0 Å². The number of aromatic nitrogens is 1. The van der Waals surface area contributed by atoms with Gasteiger partial charge in [0.15, 0.2) is 0 Å². The van der Waals surface area contributed by atoms with E-state index in [9.17, 15) is 4.79 Å². The van der Waals surface area contributed by atoms with E-state index in [-0.39, 0.29) is 11.4 Å². The summed E-state index contributed by atoms with van der Waals surface area (Å²) >= 11 is 3.48. The predicted octanol–water partition coefficient (Wildman–Crippen LogP) is 2.75. The molecule has 1 aromatic heterocycles. The molecule has 17 heavy (non-hydrogen) atoms. The van der Waals surface area contributed by atoms with Gasteiger partial charge in [-0.05, 0) is 45.2 Å². The van der Waals surface area contributed by atoms with Gasteiger partial charge in [-0.2, -0.15) is 0 Å². The second-order valence-electron chi connectivity index (χ2n) is 4.81. The summed E-state index contributed by atoms with van der Waals surface area (Å²) in [6.45, 7) is 3.81. The Labute approximate surface area is 110 Å². The minimum absolute atomic E-state index is 0.00542. The molecule has 1 aromatic rings. The molecule has 1 amide bonds. The molecule has 92 valence electrons. The number of halogens is 1. The van der Waals surface area contributed by atoms with Gasteiger partial charge in [-0.1, -0.05) is 15.9 Å². The van der Waals surface area contributed by atoms with Crippen LogP contribution < -0.4 is 5.32 Å². The molecular formula is C13H17BrN2O. The van der Waals surface area contributed by atoms with Crippen LogP contribution in [-0.4, -0.2) is 21.8 Å². The summed E-state index contributed by atoms with van der Waals surface area (Å²) in [5.41, 5.74) is 2.39. The summed E-state index contributed by atoms with van der Waals surface area (Å²) in [4.78, 5) is 16.5. The van der Waals surface area contributed by atoms with Crippen LogP contribution in [0.3, 0.4) is 0 Å². The van der Waals surface area contributed by atoms with Crippen molar-refractivity contribution in [2.24, 2.45) is 0 Å². The van der Waals surface area contributed by atoms with Crippen LogP contribution in [-0.2, 0) is 0 Å². The van der Waals surface area contributed by atoms with Gasteiger partial charge in [0.1, 0.15) is 0 Å². The maximum absolute atomic E-state index is 12.2. The van der Waals surface area contributed by atoms with Gasteiger partial charge in [0.05, 0.1) is 16.8 Å². The third-order valence-corrected chi connectivity index (χ3v) is 4.49. The summed E-state index contributed by atoms with van der Waals surface area (Å²) in [6, 6.07) is 3.73. The fraction of sp³-hybridized carbons (Fsp3) is 0.538. The first-order valence-corrected chi connectivity index (χ1v) is 7.01. The Morgan fingerprint density at radius 2 is 2.18 bits per heavy atom. The first-order valence-electron chi connectivity index (χ1n) is 5.89. The molecule has 0 atom stereocenters. The van der Waals surface area contributed by atoms with Crippen LogP contribution in [0, 0.1) is 13.8 Å². The lowest BCUT2D eigenvalue weighted by atomic mass is 9.78. The molecule has 1 fully saturated rings. The smallest absolute Gasteiger partial charge is 0.253 e. The number of aryl methyl sites for hydroxylation is 2. The van der Waals surface area contributed by atoms with Crippen molar-refractivity contribution in [1.82, 2.24) is 10.3 Å². The van der Waals surface area contributed by atoms with Crippen molar-refractivity contribution in [3.8, 4) is 0 Å². The van der Waals surface area contributed by atoms with Crippen LogP contribution in [0.25, 0.3) is 0 Å². The highest BCUT2D eigenvalue weighted by Crippen LogP contribution is 2.33. The van der Waals surface area contributed by atoms with Crippen molar-refractivity contribution in [2.75, 3.05) is 5.33 Å². The molecule has 0 aliphatic heterocycles. The Morgan fingerprint density at radius 1 is 1.47 bits per heavy atom. The van der Waals surface area contributed by atoms with E-state index in [4.69, 9.17) is 0 Å². The van der Waals surface area contributed by atoms with Gasteiger partial charge in [0.2, 0.25) is 0 Å². The molecule has 0 spiro atoms. The number of hydrogen-bond acceptors (Lipinski definition) is 2. The van der Waals surface area contributed by atoms with E-state index in [2.05, 4.69) is 26.2 Å². The zero-order valence-corrected chi connectivity index (χ0v) is 11.8. The Bertz CT molecular complexity index is 436. The maximum atomic E-state index is 12.2. The lowest BCUT2D eigenvalue weighted by Crippen LogP contribution is -2.55. The van der Waals surface area contributed by atoms with Gasteiger partial charge >= 0.3 is 0 Å². The molecule has 0 aromatic carbocycles. The number of alkyl halides is 1. The molecule has 3 nitrogen and oxygen atoms in total. The fourth-order valence-electron chi connectivity index (χ4n) is 2.13. The van der Waals surface area contributed by atoms with E-state index in [1.165, 1.54) is 6.42 Å². The van der Waals surface area contributed by atoms with Gasteiger partial charge in [-0.3, -0.25) is 9.78 Å². The second kappa shape index (κ2) is 4.77. The highest BCUT2D eigenvalue weighted by molar-refractivity contribution is 9.09. The fourth-order valence-corrected chi connectivity index (χ4v) is 2.83. The number of nitrogens with one attached hydrogen (secondary N) is 1. The molecule has 0 unspecified atom stereocenters. The Morgan fingerprint density at radius 3 is 2.65 bits per heavy atom. The van der Waals surface area contributed by atoms with Crippen LogP contribution in [0.5, 0.6) is 0 Å². The quantitative estimate of drug-likeness (QED) is 0.872. The summed E-state index contributed by atoms with van der Waals surface area (Å²) in [5.74, 6) is -0.00542. The average Bonchev–Trinajstić information content (AvgIpc) is 2.23. The van der Waals surface area contributed by atoms with Crippen molar-refractivity contribution in [3.05, 3.63) is 29.1 Å². The zero-order valence-electron chi connectivity index (χ0n) is 10.2. The topological polar surface area (TPSA) is 42.0 Å². The number of rotatable bonds is 3. The second-order valence-corrected chi connectivity index (χ2v) is 5.37. The van der Waals surface area contributed by atoms with Gasteiger partial charge in [0, 0.05) is 11.0 Å². The van der Waals surface area contributed by atoms with E-state index in [0.717, 1.165) is 29.6 Å². The minimum Gasteiger partial charge on any atom is -0.346 e. The summed E-state index contributed by atoms with van der Waals surface area (Å²) < 4.78 is 0. The Balaban J connectivity index is 2.14. The normalized spacial score (nSPS) is 17.4. The SMILES string of the molecule is Cc1ccc(C(=O)NC2(CBr)CCC2)c(C)n1. The zero-order chi connectivity index (χ0) is 12.5. The van der Waals surface area contributed by atoms with Crippen molar-refractivity contribution >= 4 is 21.8 Å². The van der Waals surface area contributed by atoms with E-state index >= 15 is 0 Å². The lowest BCUT2D eigenvalue weighted by molar-refractivity contribution is 0.0855. The van der Waals surface area contributed by atoms with Crippen LogP contribution in [0.4, 0.5) is 0 Å². The molecule has 2 rings (SSSR count). The van der Waals surface area contributed by atoms with E-state index in [0.29, 0.717) is 5.56 Å². The standard InChI is InChI=1S/C13H17BrN2O/c1-9-4-5-11(10(2)15-9)12(17)16-13(8-14)6-3-7-13/h4-5H,3,6-8H2,1-2H3,(H,16,17). The largest absolute Gasteiger partial charge is 0.346 e. The summed E-state index contributed by atoms with van der Waals surface area (Å²) in [6.07, 6.45) is 3.31. The molecular weight excluding hydrogens is 280 g/mol. The molecule has 4 heteroatoms. The monoisotopic (exact) mass is 296 g/mol. The third kappa shape index (κ3) is 2.51. The molecule has 1 aliphatic carbocycles. The maximum Gasteiger partial charge on any atom is 0.253 e. The summed E-state index contributed by atoms with van der Waals surface area (Å²) in [7, 11) is 0. The van der Waals surface area contributed by atoms with Gasteiger partial charge in [0.25, 0.3) is 5.91 Å². The van der Waals surface area contributed by atoms with E-state index in [1.54, 1.807) is 0 Å². The van der Waals surface area contributed by atoms with Crippen LogP contribution in [0.15, 0.2) is 12.1 Å². The van der Waals surface area contributed by atoms with Crippen LogP contribution in [0.1, 0.15) is 41.0 Å². The lowest BCUT2D eigenvalue weighted by Gasteiger charge is -2.41. The number of pyridine rings is 1.